The lowest BCUT2D eigenvalue weighted by Crippen LogP contribution is -2.26. The molecule has 138 valence electrons. The first-order valence-electron chi connectivity index (χ1n) is 8.84. The molecule has 4 rings (SSSR count). The molecule has 7 heteroatoms. The van der Waals surface area contributed by atoms with E-state index in [0.29, 0.717) is 10.7 Å². The van der Waals surface area contributed by atoms with Gasteiger partial charge in [-0.3, -0.25) is 14.4 Å². The zero-order chi connectivity index (χ0) is 19.3. The molecule has 1 amide bonds. The van der Waals surface area contributed by atoms with Crippen LogP contribution in [0.15, 0.2) is 30.3 Å². The van der Waals surface area contributed by atoms with Gasteiger partial charge in [0.15, 0.2) is 10.8 Å². The van der Waals surface area contributed by atoms with Crippen LogP contribution in [-0.2, 0) is 7.05 Å². The van der Waals surface area contributed by atoms with E-state index in [4.69, 9.17) is 4.98 Å². The third kappa shape index (κ3) is 2.88. The molecular weight excluding hydrogens is 358 g/mol. The maximum Gasteiger partial charge on any atom is 0.260 e. The molecule has 0 fully saturated rings. The Kier molecular flexibility index (Phi) is 4.19. The molecule has 0 aliphatic heterocycles. The van der Waals surface area contributed by atoms with E-state index in [2.05, 4.69) is 23.9 Å². The van der Waals surface area contributed by atoms with Crippen molar-refractivity contribution >= 4 is 43.6 Å². The van der Waals surface area contributed by atoms with Gasteiger partial charge in [-0.15, -0.1) is 0 Å². The van der Waals surface area contributed by atoms with Crippen LogP contribution in [0.3, 0.4) is 0 Å². The molecule has 1 aromatic carbocycles. The zero-order valence-electron chi connectivity index (χ0n) is 16.0. The predicted molar refractivity (Wildman–Crippen MR) is 110 cm³/mol. The van der Waals surface area contributed by atoms with Crippen molar-refractivity contribution in [3.63, 3.8) is 0 Å². The highest BCUT2D eigenvalue weighted by Crippen LogP contribution is 2.31. The highest BCUT2D eigenvalue weighted by molar-refractivity contribution is 7.22. The third-order valence-electron chi connectivity index (χ3n) is 4.68. The summed E-state index contributed by atoms with van der Waals surface area (Å²) in [6.45, 7) is 6.05. The van der Waals surface area contributed by atoms with E-state index in [-0.39, 0.29) is 11.8 Å². The van der Waals surface area contributed by atoms with Crippen LogP contribution in [0.25, 0.3) is 21.3 Å². The summed E-state index contributed by atoms with van der Waals surface area (Å²) >= 11 is 1.51. The maximum atomic E-state index is 13.4. The Labute approximate surface area is 161 Å². The van der Waals surface area contributed by atoms with Crippen LogP contribution in [0.5, 0.6) is 0 Å². The van der Waals surface area contributed by atoms with Gasteiger partial charge in [-0.1, -0.05) is 37.3 Å². The first kappa shape index (κ1) is 17.6. The third-order valence-corrected chi connectivity index (χ3v) is 5.80. The summed E-state index contributed by atoms with van der Waals surface area (Å²) in [5.74, 6) is 0.114. The molecule has 0 atom stereocenters. The SMILES string of the molecule is Cc1nn(C)c2nc(C(C)C)cc(C(=O)N(C)c3nc4ccccc4s3)c12. The van der Waals surface area contributed by atoms with Crippen molar-refractivity contribution in [1.82, 2.24) is 19.7 Å². The summed E-state index contributed by atoms with van der Waals surface area (Å²) in [6, 6.07) is 9.80. The summed E-state index contributed by atoms with van der Waals surface area (Å²) in [6.07, 6.45) is 0. The first-order chi connectivity index (χ1) is 12.9. The number of carbonyl (C=O) groups is 1. The quantitative estimate of drug-likeness (QED) is 0.533. The molecular formula is C20H21N5OS. The van der Waals surface area contributed by atoms with Gasteiger partial charge in [0.25, 0.3) is 5.91 Å². The Morgan fingerprint density at radius 2 is 1.96 bits per heavy atom. The van der Waals surface area contributed by atoms with E-state index >= 15 is 0 Å². The van der Waals surface area contributed by atoms with E-state index in [1.54, 1.807) is 16.6 Å². The first-order valence-corrected chi connectivity index (χ1v) is 9.66. The lowest BCUT2D eigenvalue weighted by Gasteiger charge is -2.16. The fourth-order valence-electron chi connectivity index (χ4n) is 3.20. The monoisotopic (exact) mass is 379 g/mol. The number of fused-ring (bicyclic) bond motifs is 2. The van der Waals surface area contributed by atoms with Crippen molar-refractivity contribution in [2.75, 3.05) is 11.9 Å². The average Bonchev–Trinajstić information content (AvgIpc) is 3.21. The molecule has 0 N–H and O–H groups in total. The number of amides is 1. The molecule has 3 heterocycles. The van der Waals surface area contributed by atoms with Crippen LogP contribution in [0.2, 0.25) is 0 Å². The normalized spacial score (nSPS) is 11.6. The smallest absolute Gasteiger partial charge is 0.260 e. The van der Waals surface area contributed by atoms with Crippen molar-refractivity contribution < 1.29 is 4.79 Å². The Balaban J connectivity index is 1.86. The Bertz CT molecular complexity index is 1140. The number of hydrogen-bond donors (Lipinski definition) is 0. The number of rotatable bonds is 3. The van der Waals surface area contributed by atoms with Gasteiger partial charge < -0.3 is 0 Å². The second kappa shape index (κ2) is 6.42. The standard InChI is InChI=1S/C20H21N5OS/c1-11(2)15-10-13(17-12(3)23-25(5)18(17)21-15)19(26)24(4)20-22-14-8-6-7-9-16(14)27-20/h6-11H,1-5H3. The minimum absolute atomic E-state index is 0.0977. The highest BCUT2D eigenvalue weighted by atomic mass is 32.1. The van der Waals surface area contributed by atoms with E-state index < -0.39 is 0 Å². The summed E-state index contributed by atoms with van der Waals surface area (Å²) < 4.78 is 2.80. The molecule has 0 unspecified atom stereocenters. The number of carbonyl (C=O) groups excluding carboxylic acids is 1. The summed E-state index contributed by atoms with van der Waals surface area (Å²) in [5.41, 5.74) is 3.94. The molecule has 0 saturated carbocycles. The molecule has 0 aliphatic rings. The Morgan fingerprint density at radius 3 is 2.67 bits per heavy atom. The summed E-state index contributed by atoms with van der Waals surface area (Å²) in [7, 11) is 3.63. The van der Waals surface area contributed by atoms with Crippen LogP contribution in [0.1, 0.15) is 41.5 Å². The zero-order valence-corrected chi connectivity index (χ0v) is 16.8. The van der Waals surface area contributed by atoms with Crippen LogP contribution in [-0.4, -0.2) is 32.7 Å². The maximum absolute atomic E-state index is 13.4. The number of anilines is 1. The van der Waals surface area contributed by atoms with Crippen molar-refractivity contribution in [3.05, 3.63) is 47.3 Å². The molecule has 0 radical (unpaired) electrons. The van der Waals surface area contributed by atoms with Crippen LogP contribution < -0.4 is 4.90 Å². The number of hydrogen-bond acceptors (Lipinski definition) is 5. The summed E-state index contributed by atoms with van der Waals surface area (Å²) in [5, 5.41) is 5.96. The Morgan fingerprint density at radius 1 is 1.22 bits per heavy atom. The number of para-hydroxylation sites is 1. The van der Waals surface area contributed by atoms with Gasteiger partial charge in [0.1, 0.15) is 0 Å². The second-order valence-corrected chi connectivity index (χ2v) is 7.99. The molecule has 3 aromatic heterocycles. The largest absolute Gasteiger partial charge is 0.287 e. The van der Waals surface area contributed by atoms with Gasteiger partial charge in [0.2, 0.25) is 0 Å². The minimum Gasteiger partial charge on any atom is -0.287 e. The topological polar surface area (TPSA) is 63.9 Å². The van der Waals surface area contributed by atoms with E-state index in [1.807, 2.05) is 44.3 Å². The molecule has 0 aliphatic carbocycles. The second-order valence-electron chi connectivity index (χ2n) is 6.99. The number of pyridine rings is 1. The number of aromatic nitrogens is 4. The van der Waals surface area contributed by atoms with Gasteiger partial charge in [-0.05, 0) is 31.0 Å². The lowest BCUT2D eigenvalue weighted by atomic mass is 10.0. The Hall–Kier alpha value is -2.80. The fourth-order valence-corrected chi connectivity index (χ4v) is 4.13. The van der Waals surface area contributed by atoms with E-state index in [0.717, 1.165) is 32.6 Å². The van der Waals surface area contributed by atoms with Gasteiger partial charge in [0, 0.05) is 19.8 Å². The number of aryl methyl sites for hydroxylation is 2. The summed E-state index contributed by atoms with van der Waals surface area (Å²) in [4.78, 5) is 24.4. The molecule has 0 spiro atoms. The minimum atomic E-state index is -0.0977. The van der Waals surface area contributed by atoms with Crippen molar-refractivity contribution in [2.24, 2.45) is 7.05 Å². The van der Waals surface area contributed by atoms with E-state index in [1.165, 1.54) is 11.3 Å². The molecule has 6 nitrogen and oxygen atoms in total. The molecule has 4 aromatic rings. The van der Waals surface area contributed by atoms with Gasteiger partial charge in [0.05, 0.1) is 26.9 Å². The highest BCUT2D eigenvalue weighted by Gasteiger charge is 2.24. The molecule has 0 bridgehead atoms. The van der Waals surface area contributed by atoms with Crippen LogP contribution in [0, 0.1) is 6.92 Å². The van der Waals surface area contributed by atoms with Crippen LogP contribution in [0.4, 0.5) is 5.13 Å². The van der Waals surface area contributed by atoms with Gasteiger partial charge in [-0.2, -0.15) is 5.10 Å². The van der Waals surface area contributed by atoms with Crippen molar-refractivity contribution in [1.29, 1.82) is 0 Å². The number of benzene rings is 1. The molecule has 0 saturated heterocycles. The number of thiazole rings is 1. The van der Waals surface area contributed by atoms with Crippen LogP contribution >= 0.6 is 11.3 Å². The molecule has 27 heavy (non-hydrogen) atoms. The van der Waals surface area contributed by atoms with Gasteiger partial charge >= 0.3 is 0 Å². The predicted octanol–water partition coefficient (Wildman–Crippen LogP) is 4.29. The average molecular weight is 379 g/mol. The fraction of sp³-hybridized carbons (Fsp3) is 0.300. The number of nitrogens with zero attached hydrogens (tertiary/aromatic N) is 5. The van der Waals surface area contributed by atoms with Gasteiger partial charge in [-0.25, -0.2) is 9.97 Å². The van der Waals surface area contributed by atoms with Crippen molar-refractivity contribution in [3.8, 4) is 0 Å². The lowest BCUT2D eigenvalue weighted by molar-refractivity contribution is 0.0994. The van der Waals surface area contributed by atoms with Crippen molar-refractivity contribution in [2.45, 2.75) is 26.7 Å². The van der Waals surface area contributed by atoms with E-state index in [9.17, 15) is 4.79 Å².